The van der Waals surface area contributed by atoms with E-state index >= 15 is 0 Å². The standard InChI is InChI=1S/C16H17N3O2/c20-15(21)7-6-13-16(17-14-3-1-2-8-18(13)14)19-10-11-4-5-12(19)9-11/h1-3,6-8,11-12H,4-5,9-10H2,(H,20,21). The second-order valence-electron chi connectivity index (χ2n) is 5.91. The van der Waals surface area contributed by atoms with Gasteiger partial charge in [-0.1, -0.05) is 6.07 Å². The summed E-state index contributed by atoms with van der Waals surface area (Å²) in [4.78, 5) is 18.0. The van der Waals surface area contributed by atoms with Crippen molar-refractivity contribution in [2.24, 2.45) is 5.92 Å². The molecular weight excluding hydrogens is 266 g/mol. The van der Waals surface area contributed by atoms with Crippen molar-refractivity contribution in [3.63, 3.8) is 0 Å². The van der Waals surface area contributed by atoms with Gasteiger partial charge in [0.1, 0.15) is 5.65 Å². The number of aliphatic carboxylic acids is 1. The fourth-order valence-corrected chi connectivity index (χ4v) is 3.70. The Morgan fingerprint density at radius 3 is 3.00 bits per heavy atom. The Morgan fingerprint density at radius 1 is 1.38 bits per heavy atom. The molecule has 0 radical (unpaired) electrons. The maximum absolute atomic E-state index is 10.9. The minimum atomic E-state index is -0.935. The van der Waals surface area contributed by atoms with Crippen LogP contribution in [0, 0.1) is 5.92 Å². The van der Waals surface area contributed by atoms with Crippen molar-refractivity contribution in [1.29, 1.82) is 0 Å². The molecule has 2 aromatic rings. The number of imidazole rings is 1. The predicted octanol–water partition coefficient (Wildman–Crippen LogP) is 2.42. The first-order valence-corrected chi connectivity index (χ1v) is 7.37. The molecule has 0 spiro atoms. The molecule has 1 N–H and O–H groups in total. The van der Waals surface area contributed by atoms with Crippen molar-refractivity contribution in [1.82, 2.24) is 9.38 Å². The minimum Gasteiger partial charge on any atom is -0.478 e. The van der Waals surface area contributed by atoms with E-state index in [0.717, 1.165) is 29.6 Å². The molecule has 5 nitrogen and oxygen atoms in total. The summed E-state index contributed by atoms with van der Waals surface area (Å²) >= 11 is 0. The van der Waals surface area contributed by atoms with E-state index in [1.165, 1.54) is 25.3 Å². The zero-order valence-corrected chi connectivity index (χ0v) is 11.6. The smallest absolute Gasteiger partial charge is 0.328 e. The molecule has 2 bridgehead atoms. The van der Waals surface area contributed by atoms with Gasteiger partial charge in [-0.3, -0.25) is 4.40 Å². The van der Waals surface area contributed by atoms with E-state index in [9.17, 15) is 4.79 Å². The average Bonchev–Trinajstić information content (AvgIpc) is 3.18. The van der Waals surface area contributed by atoms with Gasteiger partial charge in [-0.25, -0.2) is 9.78 Å². The predicted molar refractivity (Wildman–Crippen MR) is 80.3 cm³/mol. The molecule has 1 saturated carbocycles. The monoisotopic (exact) mass is 283 g/mol. The fourth-order valence-electron chi connectivity index (χ4n) is 3.70. The van der Waals surface area contributed by atoms with Gasteiger partial charge in [-0.15, -0.1) is 0 Å². The number of piperidine rings is 1. The van der Waals surface area contributed by atoms with Gasteiger partial charge in [0.15, 0.2) is 5.82 Å². The quantitative estimate of drug-likeness (QED) is 0.879. The van der Waals surface area contributed by atoms with Crippen LogP contribution in [-0.4, -0.2) is 33.0 Å². The summed E-state index contributed by atoms with van der Waals surface area (Å²) in [5, 5.41) is 8.92. The van der Waals surface area contributed by atoms with Crippen LogP contribution in [0.2, 0.25) is 0 Å². The molecule has 108 valence electrons. The highest BCUT2D eigenvalue weighted by Gasteiger charge is 2.39. The number of carbonyl (C=O) groups is 1. The summed E-state index contributed by atoms with van der Waals surface area (Å²) in [7, 11) is 0. The Balaban J connectivity index is 1.83. The highest BCUT2D eigenvalue weighted by molar-refractivity contribution is 5.86. The average molecular weight is 283 g/mol. The number of hydrogen-bond acceptors (Lipinski definition) is 3. The highest BCUT2D eigenvalue weighted by Crippen LogP contribution is 2.41. The lowest BCUT2D eigenvalue weighted by atomic mass is 10.1. The molecule has 2 fully saturated rings. The summed E-state index contributed by atoms with van der Waals surface area (Å²) in [5.41, 5.74) is 1.72. The molecular formula is C16H17N3O2. The first-order chi connectivity index (χ1) is 10.2. The fraction of sp³-hybridized carbons (Fsp3) is 0.375. The summed E-state index contributed by atoms with van der Waals surface area (Å²) < 4.78 is 1.96. The number of nitrogens with zero attached hydrogens (tertiary/aromatic N) is 3. The van der Waals surface area contributed by atoms with Crippen LogP contribution in [0.4, 0.5) is 5.82 Å². The number of fused-ring (bicyclic) bond motifs is 3. The van der Waals surface area contributed by atoms with Crippen LogP contribution in [0.25, 0.3) is 11.7 Å². The van der Waals surface area contributed by atoms with E-state index in [-0.39, 0.29) is 0 Å². The third-order valence-electron chi connectivity index (χ3n) is 4.61. The molecule has 1 aliphatic heterocycles. The maximum Gasteiger partial charge on any atom is 0.328 e. The third-order valence-corrected chi connectivity index (χ3v) is 4.61. The van der Waals surface area contributed by atoms with Crippen molar-refractivity contribution in [3.05, 3.63) is 36.2 Å². The molecule has 2 aromatic heterocycles. The van der Waals surface area contributed by atoms with Gasteiger partial charge >= 0.3 is 5.97 Å². The van der Waals surface area contributed by atoms with E-state index in [1.807, 2.05) is 28.8 Å². The van der Waals surface area contributed by atoms with Crippen LogP contribution in [0.1, 0.15) is 25.0 Å². The largest absolute Gasteiger partial charge is 0.478 e. The van der Waals surface area contributed by atoms with Crippen molar-refractivity contribution < 1.29 is 9.90 Å². The van der Waals surface area contributed by atoms with Gasteiger partial charge in [0, 0.05) is 24.9 Å². The van der Waals surface area contributed by atoms with E-state index in [2.05, 4.69) is 4.90 Å². The molecule has 2 aliphatic rings. The normalized spacial score (nSPS) is 24.5. The van der Waals surface area contributed by atoms with Crippen molar-refractivity contribution in [3.8, 4) is 0 Å². The number of anilines is 1. The van der Waals surface area contributed by atoms with Crippen LogP contribution in [0.15, 0.2) is 30.5 Å². The number of carboxylic acids is 1. The molecule has 4 rings (SSSR count). The molecule has 0 aromatic carbocycles. The second kappa shape index (κ2) is 4.62. The number of hydrogen-bond donors (Lipinski definition) is 1. The van der Waals surface area contributed by atoms with Gasteiger partial charge < -0.3 is 10.0 Å². The Labute approximate surface area is 122 Å². The molecule has 2 atom stereocenters. The minimum absolute atomic E-state index is 0.567. The molecule has 5 heteroatoms. The number of carboxylic acid groups (broad SMARTS) is 1. The van der Waals surface area contributed by atoms with E-state index in [4.69, 9.17) is 10.1 Å². The zero-order valence-electron chi connectivity index (χ0n) is 11.6. The number of aromatic nitrogens is 2. The Morgan fingerprint density at radius 2 is 2.29 bits per heavy atom. The topological polar surface area (TPSA) is 57.8 Å². The molecule has 21 heavy (non-hydrogen) atoms. The van der Waals surface area contributed by atoms with Crippen LogP contribution in [0.3, 0.4) is 0 Å². The van der Waals surface area contributed by atoms with Gasteiger partial charge in [0.25, 0.3) is 0 Å². The molecule has 1 saturated heterocycles. The second-order valence-corrected chi connectivity index (χ2v) is 5.91. The van der Waals surface area contributed by atoms with Gasteiger partial charge in [-0.2, -0.15) is 0 Å². The van der Waals surface area contributed by atoms with Gasteiger partial charge in [0.05, 0.1) is 5.69 Å². The lowest BCUT2D eigenvalue weighted by Gasteiger charge is -2.27. The van der Waals surface area contributed by atoms with Gasteiger partial charge in [-0.05, 0) is 43.4 Å². The Hall–Kier alpha value is -2.30. The van der Waals surface area contributed by atoms with Crippen LogP contribution >= 0.6 is 0 Å². The van der Waals surface area contributed by atoms with Crippen LogP contribution < -0.4 is 4.90 Å². The van der Waals surface area contributed by atoms with E-state index in [1.54, 1.807) is 6.08 Å². The van der Waals surface area contributed by atoms with E-state index in [0.29, 0.717) is 6.04 Å². The molecule has 0 amide bonds. The molecule has 1 aliphatic carbocycles. The summed E-state index contributed by atoms with van der Waals surface area (Å²) in [6.07, 6.45) is 8.56. The Bertz CT molecular complexity index is 734. The number of rotatable bonds is 3. The SMILES string of the molecule is O=C(O)C=Cc1c(N2CC3CCC2C3)nc2ccccn12. The summed E-state index contributed by atoms with van der Waals surface area (Å²) in [6.45, 7) is 1.04. The van der Waals surface area contributed by atoms with Crippen LogP contribution in [0.5, 0.6) is 0 Å². The van der Waals surface area contributed by atoms with Crippen molar-refractivity contribution in [2.75, 3.05) is 11.4 Å². The lowest BCUT2D eigenvalue weighted by molar-refractivity contribution is -0.131. The number of pyridine rings is 1. The maximum atomic E-state index is 10.9. The third kappa shape index (κ3) is 2.00. The van der Waals surface area contributed by atoms with Crippen molar-refractivity contribution in [2.45, 2.75) is 25.3 Å². The lowest BCUT2D eigenvalue weighted by Crippen LogP contribution is -2.32. The zero-order chi connectivity index (χ0) is 14.4. The molecule has 3 heterocycles. The van der Waals surface area contributed by atoms with Crippen LogP contribution in [-0.2, 0) is 4.79 Å². The van der Waals surface area contributed by atoms with Gasteiger partial charge in [0.2, 0.25) is 0 Å². The summed E-state index contributed by atoms with van der Waals surface area (Å²) in [5.74, 6) is 0.761. The first-order valence-electron chi connectivity index (χ1n) is 7.37. The van der Waals surface area contributed by atoms with E-state index < -0.39 is 5.97 Å². The van der Waals surface area contributed by atoms with Crippen molar-refractivity contribution >= 4 is 23.5 Å². The first kappa shape index (κ1) is 12.4. The summed E-state index contributed by atoms with van der Waals surface area (Å²) in [6, 6.07) is 6.41. The Kier molecular flexibility index (Phi) is 2.74. The highest BCUT2D eigenvalue weighted by atomic mass is 16.4. The molecule has 2 unspecified atom stereocenters.